The molecule has 1 aromatic heterocycles. The van der Waals surface area contributed by atoms with Crippen LogP contribution in [-0.4, -0.2) is 18.3 Å². The lowest BCUT2D eigenvalue weighted by atomic mass is 10.2. The van der Waals surface area contributed by atoms with Gasteiger partial charge in [-0.2, -0.15) is 0 Å². The van der Waals surface area contributed by atoms with Gasteiger partial charge in [0.25, 0.3) is 0 Å². The van der Waals surface area contributed by atoms with E-state index >= 15 is 0 Å². The van der Waals surface area contributed by atoms with E-state index in [1.807, 2.05) is 31.4 Å². The molecule has 18 heavy (non-hydrogen) atoms. The zero-order valence-corrected chi connectivity index (χ0v) is 11.3. The molecule has 4 heteroatoms. The summed E-state index contributed by atoms with van der Waals surface area (Å²) in [6.07, 6.45) is 5.62. The quantitative estimate of drug-likeness (QED) is 0.836. The largest absolute Gasteiger partial charge is 0.457 e. The predicted octanol–water partition coefficient (Wildman–Crippen LogP) is 3.32. The van der Waals surface area contributed by atoms with E-state index in [1.165, 1.54) is 4.90 Å². The Morgan fingerprint density at radius 1 is 1.22 bits per heavy atom. The predicted molar refractivity (Wildman–Crippen MR) is 75.3 cm³/mol. The second kappa shape index (κ2) is 6.42. The van der Waals surface area contributed by atoms with E-state index in [4.69, 9.17) is 4.74 Å². The number of pyridine rings is 1. The van der Waals surface area contributed by atoms with Crippen LogP contribution in [0.3, 0.4) is 0 Å². The summed E-state index contributed by atoms with van der Waals surface area (Å²) in [6, 6.07) is 9.96. The monoisotopic (exact) mass is 260 g/mol. The van der Waals surface area contributed by atoms with Crippen LogP contribution in [0.25, 0.3) is 0 Å². The van der Waals surface area contributed by atoms with E-state index < -0.39 is 0 Å². The van der Waals surface area contributed by atoms with Crippen molar-refractivity contribution in [3.63, 3.8) is 0 Å². The molecule has 3 nitrogen and oxygen atoms in total. The third-order valence-electron chi connectivity index (χ3n) is 2.51. The van der Waals surface area contributed by atoms with Gasteiger partial charge in [-0.05, 0) is 43.6 Å². The van der Waals surface area contributed by atoms with Gasteiger partial charge in [0.15, 0.2) is 0 Å². The van der Waals surface area contributed by atoms with Crippen molar-refractivity contribution in [2.45, 2.75) is 11.4 Å². The minimum Gasteiger partial charge on any atom is -0.457 e. The maximum Gasteiger partial charge on any atom is 0.134 e. The van der Waals surface area contributed by atoms with Crippen molar-refractivity contribution >= 4 is 11.8 Å². The van der Waals surface area contributed by atoms with E-state index in [2.05, 4.69) is 28.7 Å². The minimum absolute atomic E-state index is 0.742. The highest BCUT2D eigenvalue weighted by atomic mass is 32.2. The molecule has 0 saturated carbocycles. The first-order valence-electron chi connectivity index (χ1n) is 5.73. The van der Waals surface area contributed by atoms with Gasteiger partial charge in [0.2, 0.25) is 0 Å². The Balaban J connectivity index is 2.17. The molecule has 94 valence electrons. The summed E-state index contributed by atoms with van der Waals surface area (Å²) in [5.41, 5.74) is 1.05. The van der Waals surface area contributed by atoms with Crippen molar-refractivity contribution in [1.29, 1.82) is 0 Å². The molecule has 1 heterocycles. The Morgan fingerprint density at radius 3 is 2.67 bits per heavy atom. The molecule has 0 bridgehead atoms. The average Bonchev–Trinajstić information content (AvgIpc) is 2.42. The molecule has 1 aromatic carbocycles. The number of nitrogens with zero attached hydrogens (tertiary/aromatic N) is 1. The van der Waals surface area contributed by atoms with Crippen LogP contribution in [0.1, 0.15) is 5.56 Å². The molecule has 2 aromatic rings. The molecular weight excluding hydrogens is 244 g/mol. The SMILES string of the molecule is CNCc1cnccc1Oc1ccc(SC)cc1. The number of hydrogen-bond acceptors (Lipinski definition) is 4. The summed E-state index contributed by atoms with van der Waals surface area (Å²) in [7, 11) is 1.91. The lowest BCUT2D eigenvalue weighted by Gasteiger charge is -2.10. The Labute approximate surface area is 112 Å². The Bertz CT molecular complexity index is 499. The van der Waals surface area contributed by atoms with E-state index in [9.17, 15) is 0 Å². The Morgan fingerprint density at radius 2 is 2.00 bits per heavy atom. The van der Waals surface area contributed by atoms with Crippen molar-refractivity contribution < 1.29 is 4.74 Å². The number of aromatic nitrogens is 1. The summed E-state index contributed by atoms with van der Waals surface area (Å²) in [5, 5.41) is 3.11. The number of rotatable bonds is 5. The van der Waals surface area contributed by atoms with E-state index in [1.54, 1.807) is 18.0 Å². The lowest BCUT2D eigenvalue weighted by Crippen LogP contribution is -2.06. The average molecular weight is 260 g/mol. The first kappa shape index (κ1) is 12.9. The third-order valence-corrected chi connectivity index (χ3v) is 3.26. The van der Waals surface area contributed by atoms with Crippen LogP contribution in [0, 0.1) is 0 Å². The fourth-order valence-corrected chi connectivity index (χ4v) is 2.02. The third kappa shape index (κ3) is 3.24. The summed E-state index contributed by atoms with van der Waals surface area (Å²) >= 11 is 1.72. The number of nitrogens with one attached hydrogen (secondary N) is 1. The Kier molecular flexibility index (Phi) is 4.61. The summed E-state index contributed by atoms with van der Waals surface area (Å²) in [5.74, 6) is 1.69. The number of ether oxygens (including phenoxy) is 1. The van der Waals surface area contributed by atoms with Crippen LogP contribution >= 0.6 is 11.8 Å². The fourth-order valence-electron chi connectivity index (χ4n) is 1.61. The molecule has 1 N–H and O–H groups in total. The van der Waals surface area contributed by atoms with Crippen LogP contribution < -0.4 is 10.1 Å². The lowest BCUT2D eigenvalue weighted by molar-refractivity contribution is 0.473. The molecule has 0 spiro atoms. The van der Waals surface area contributed by atoms with Gasteiger partial charge in [-0.1, -0.05) is 0 Å². The highest BCUT2D eigenvalue weighted by Crippen LogP contribution is 2.26. The molecule has 0 unspecified atom stereocenters. The normalized spacial score (nSPS) is 10.3. The Hall–Kier alpha value is -1.52. The van der Waals surface area contributed by atoms with Crippen LogP contribution in [0.4, 0.5) is 0 Å². The van der Waals surface area contributed by atoms with Crippen molar-refractivity contribution in [3.05, 3.63) is 48.3 Å². The van der Waals surface area contributed by atoms with Gasteiger partial charge >= 0.3 is 0 Å². The molecule has 2 rings (SSSR count). The van der Waals surface area contributed by atoms with Gasteiger partial charge in [0, 0.05) is 29.4 Å². The highest BCUT2D eigenvalue weighted by Gasteiger charge is 2.04. The van der Waals surface area contributed by atoms with Crippen molar-refractivity contribution in [1.82, 2.24) is 10.3 Å². The molecule has 0 saturated heterocycles. The van der Waals surface area contributed by atoms with Gasteiger partial charge in [-0.3, -0.25) is 4.98 Å². The van der Waals surface area contributed by atoms with Crippen LogP contribution in [0.2, 0.25) is 0 Å². The molecule has 0 fully saturated rings. The van der Waals surface area contributed by atoms with Crippen molar-refractivity contribution in [2.75, 3.05) is 13.3 Å². The van der Waals surface area contributed by atoms with Gasteiger partial charge in [-0.25, -0.2) is 0 Å². The first-order valence-corrected chi connectivity index (χ1v) is 6.95. The van der Waals surface area contributed by atoms with Gasteiger partial charge in [0.1, 0.15) is 11.5 Å². The summed E-state index contributed by atoms with van der Waals surface area (Å²) in [6.45, 7) is 0.742. The number of hydrogen-bond donors (Lipinski definition) is 1. The van der Waals surface area contributed by atoms with Gasteiger partial charge in [-0.15, -0.1) is 11.8 Å². The van der Waals surface area contributed by atoms with Gasteiger partial charge < -0.3 is 10.1 Å². The van der Waals surface area contributed by atoms with Crippen LogP contribution in [-0.2, 0) is 6.54 Å². The van der Waals surface area contributed by atoms with Gasteiger partial charge in [0.05, 0.1) is 0 Å². The first-order chi connectivity index (χ1) is 8.83. The standard InChI is InChI=1S/C14H16N2OS/c1-15-9-11-10-16-8-7-14(11)17-12-3-5-13(18-2)6-4-12/h3-8,10,15H,9H2,1-2H3. The number of benzene rings is 1. The molecular formula is C14H16N2OS. The minimum atomic E-state index is 0.742. The molecule has 0 aliphatic carbocycles. The van der Waals surface area contributed by atoms with Crippen molar-refractivity contribution in [3.8, 4) is 11.5 Å². The maximum absolute atomic E-state index is 5.87. The zero-order chi connectivity index (χ0) is 12.8. The summed E-state index contributed by atoms with van der Waals surface area (Å²) in [4.78, 5) is 5.34. The number of thioether (sulfide) groups is 1. The fraction of sp³-hybridized carbons (Fsp3) is 0.214. The second-order valence-corrected chi connectivity index (χ2v) is 4.67. The maximum atomic E-state index is 5.87. The van der Waals surface area contributed by atoms with Crippen LogP contribution in [0.5, 0.6) is 11.5 Å². The highest BCUT2D eigenvalue weighted by molar-refractivity contribution is 7.98. The molecule has 0 amide bonds. The smallest absolute Gasteiger partial charge is 0.134 e. The topological polar surface area (TPSA) is 34.2 Å². The molecule has 0 aliphatic rings. The van der Waals surface area contributed by atoms with Crippen molar-refractivity contribution in [2.24, 2.45) is 0 Å². The van der Waals surface area contributed by atoms with Crippen LogP contribution in [0.15, 0.2) is 47.6 Å². The van der Waals surface area contributed by atoms with E-state index in [-0.39, 0.29) is 0 Å². The molecule has 0 radical (unpaired) electrons. The molecule has 0 atom stereocenters. The van der Waals surface area contributed by atoms with E-state index in [0.29, 0.717) is 0 Å². The zero-order valence-electron chi connectivity index (χ0n) is 10.5. The molecule has 0 aliphatic heterocycles. The second-order valence-electron chi connectivity index (χ2n) is 3.79. The summed E-state index contributed by atoms with van der Waals surface area (Å²) < 4.78 is 5.87. The van der Waals surface area contributed by atoms with E-state index in [0.717, 1.165) is 23.6 Å².